The predicted molar refractivity (Wildman–Crippen MR) is 138 cm³/mol. The van der Waals surface area contributed by atoms with Gasteiger partial charge in [0.05, 0.1) is 43.1 Å². The molecule has 4 atom stereocenters. The number of ether oxygens (including phenoxy) is 2. The minimum atomic E-state index is -0.908. The van der Waals surface area contributed by atoms with E-state index in [2.05, 4.69) is 15.3 Å². The zero-order valence-electron chi connectivity index (χ0n) is 20.6. The van der Waals surface area contributed by atoms with Crippen LogP contribution < -0.4 is 10.1 Å². The molecule has 2 aromatic heterocycles. The second kappa shape index (κ2) is 12.8. The largest absolute Gasteiger partial charge is 0.481 e. The van der Waals surface area contributed by atoms with Crippen molar-refractivity contribution in [2.75, 3.05) is 20.3 Å². The molecule has 0 unspecified atom stereocenters. The molecule has 0 amide bonds. The van der Waals surface area contributed by atoms with Crippen LogP contribution in [-0.4, -0.2) is 64.8 Å². The summed E-state index contributed by atoms with van der Waals surface area (Å²) in [6.45, 7) is 0.0507. The Morgan fingerprint density at radius 3 is 2.84 bits per heavy atom. The van der Waals surface area contributed by atoms with Crippen molar-refractivity contribution >= 4 is 23.2 Å². The molecule has 9 heteroatoms. The molecular weight excluding hydrogens is 480 g/mol. The van der Waals surface area contributed by atoms with Crippen molar-refractivity contribution in [1.82, 2.24) is 15.3 Å². The average molecular weight is 512 g/mol. The standard InChI is InChI=1S/C28H31F2N3O4/c1-36-27-11-10-25-28(33-27)18(12-14-32-25)4-6-22-7-9-24(26(37-22)16-21(35)17-34)31-13-2-3-19-15-20(29)5-8-23(19)30/h2-6,8,10-12,14-15,21-22,24,26,31,34-35H,7,9,13,16-17H2,1H3/t21-,22-,24-,26-/m1/s1. The number of aliphatic hydroxyl groups is 2. The topological polar surface area (TPSA) is 96.7 Å². The van der Waals surface area contributed by atoms with E-state index < -0.39 is 17.7 Å². The number of hydrogen-bond donors (Lipinski definition) is 3. The number of halogens is 2. The molecule has 3 N–H and O–H groups in total. The third kappa shape index (κ3) is 7.17. The lowest BCUT2D eigenvalue weighted by Gasteiger charge is -2.37. The number of nitrogens with one attached hydrogen (secondary N) is 1. The van der Waals surface area contributed by atoms with Crippen LogP contribution in [0, 0.1) is 11.6 Å². The molecule has 7 nitrogen and oxygen atoms in total. The number of rotatable bonds is 10. The Bertz CT molecular complexity index is 1250. The van der Waals surface area contributed by atoms with E-state index in [4.69, 9.17) is 9.47 Å². The van der Waals surface area contributed by atoms with Crippen LogP contribution in [0.3, 0.4) is 0 Å². The molecule has 0 bridgehead atoms. The fourth-order valence-electron chi connectivity index (χ4n) is 4.39. The van der Waals surface area contributed by atoms with Gasteiger partial charge in [0.25, 0.3) is 0 Å². The molecule has 0 saturated carbocycles. The van der Waals surface area contributed by atoms with Crippen LogP contribution in [0.15, 0.2) is 54.7 Å². The quantitative estimate of drug-likeness (QED) is 0.380. The molecule has 0 aliphatic carbocycles. The SMILES string of the molecule is COc1ccc2nccc(C=C[C@@H]3CC[C@@H](NCC=Cc4cc(F)ccc4F)[C@@H](C[C@@H](O)CO)O3)c2n1. The minimum Gasteiger partial charge on any atom is -0.481 e. The van der Waals surface area contributed by atoms with Crippen LogP contribution in [0.25, 0.3) is 23.2 Å². The number of pyridine rings is 2. The van der Waals surface area contributed by atoms with E-state index in [1.807, 2.05) is 24.3 Å². The Morgan fingerprint density at radius 1 is 1.16 bits per heavy atom. The van der Waals surface area contributed by atoms with Crippen LogP contribution in [-0.2, 0) is 4.74 Å². The smallest absolute Gasteiger partial charge is 0.213 e. The zero-order valence-corrected chi connectivity index (χ0v) is 20.6. The first-order valence-electron chi connectivity index (χ1n) is 12.2. The molecule has 1 aromatic carbocycles. The van der Waals surface area contributed by atoms with Crippen LogP contribution in [0.5, 0.6) is 5.88 Å². The molecule has 1 fully saturated rings. The van der Waals surface area contributed by atoms with Crippen LogP contribution in [0.1, 0.15) is 30.4 Å². The van der Waals surface area contributed by atoms with Crippen molar-refractivity contribution in [3.63, 3.8) is 0 Å². The summed E-state index contributed by atoms with van der Waals surface area (Å²) in [5.74, 6) is -0.486. The van der Waals surface area contributed by atoms with Gasteiger partial charge in [-0.2, -0.15) is 0 Å². The molecule has 1 aliphatic heterocycles. The van der Waals surface area contributed by atoms with Gasteiger partial charge in [-0.05, 0) is 43.2 Å². The second-order valence-corrected chi connectivity index (χ2v) is 8.93. The summed E-state index contributed by atoms with van der Waals surface area (Å²) in [5, 5.41) is 22.8. The lowest BCUT2D eigenvalue weighted by molar-refractivity contribution is -0.0714. The lowest BCUT2D eigenvalue weighted by Crippen LogP contribution is -2.48. The van der Waals surface area contributed by atoms with E-state index >= 15 is 0 Å². The highest BCUT2D eigenvalue weighted by molar-refractivity contribution is 5.84. The van der Waals surface area contributed by atoms with E-state index in [-0.39, 0.29) is 36.8 Å². The first-order valence-corrected chi connectivity index (χ1v) is 12.2. The molecule has 4 rings (SSSR count). The van der Waals surface area contributed by atoms with Gasteiger partial charge in [-0.25, -0.2) is 13.8 Å². The molecule has 37 heavy (non-hydrogen) atoms. The van der Waals surface area contributed by atoms with Crippen molar-refractivity contribution in [3.05, 3.63) is 77.5 Å². The number of aromatic nitrogens is 2. The van der Waals surface area contributed by atoms with Gasteiger partial charge in [0.2, 0.25) is 5.88 Å². The molecule has 1 saturated heterocycles. The minimum absolute atomic E-state index is 0.0828. The zero-order chi connectivity index (χ0) is 26.2. The van der Waals surface area contributed by atoms with E-state index in [0.717, 1.165) is 47.6 Å². The van der Waals surface area contributed by atoms with Crippen LogP contribution in [0.4, 0.5) is 8.78 Å². The Hall–Kier alpha value is -3.24. The highest BCUT2D eigenvalue weighted by atomic mass is 19.1. The molecule has 1 aliphatic rings. The van der Waals surface area contributed by atoms with Gasteiger partial charge < -0.3 is 25.0 Å². The highest BCUT2D eigenvalue weighted by Crippen LogP contribution is 2.26. The lowest BCUT2D eigenvalue weighted by atomic mass is 9.94. The van der Waals surface area contributed by atoms with E-state index in [1.165, 1.54) is 6.08 Å². The van der Waals surface area contributed by atoms with Crippen LogP contribution >= 0.6 is 0 Å². The summed E-state index contributed by atoms with van der Waals surface area (Å²) in [4.78, 5) is 8.86. The van der Waals surface area contributed by atoms with Gasteiger partial charge in [-0.3, -0.25) is 4.98 Å². The summed E-state index contributed by atoms with van der Waals surface area (Å²) < 4.78 is 38.7. The summed E-state index contributed by atoms with van der Waals surface area (Å²) in [6, 6.07) is 8.73. The van der Waals surface area contributed by atoms with Crippen molar-refractivity contribution in [3.8, 4) is 5.88 Å². The first kappa shape index (κ1) is 26.8. The maximum atomic E-state index is 13.8. The van der Waals surface area contributed by atoms with Gasteiger partial charge in [0.1, 0.15) is 11.6 Å². The normalized spacial score (nSPS) is 21.2. The average Bonchev–Trinajstić information content (AvgIpc) is 2.92. The Labute approximate surface area is 214 Å². The van der Waals surface area contributed by atoms with Gasteiger partial charge in [0, 0.05) is 42.4 Å². The van der Waals surface area contributed by atoms with Crippen molar-refractivity contribution in [1.29, 1.82) is 0 Å². The summed E-state index contributed by atoms with van der Waals surface area (Å²) in [5.41, 5.74) is 2.54. The van der Waals surface area contributed by atoms with Gasteiger partial charge in [0.15, 0.2) is 0 Å². The molecule has 3 aromatic rings. The summed E-state index contributed by atoms with van der Waals surface area (Å²) in [6.07, 6.45) is 9.21. The number of aliphatic hydroxyl groups excluding tert-OH is 2. The summed E-state index contributed by atoms with van der Waals surface area (Å²) in [7, 11) is 1.57. The number of benzene rings is 1. The highest BCUT2D eigenvalue weighted by Gasteiger charge is 2.31. The van der Waals surface area contributed by atoms with E-state index in [1.54, 1.807) is 25.4 Å². The molecule has 196 valence electrons. The van der Waals surface area contributed by atoms with E-state index in [9.17, 15) is 19.0 Å². The maximum absolute atomic E-state index is 13.8. The third-order valence-electron chi connectivity index (χ3n) is 6.32. The second-order valence-electron chi connectivity index (χ2n) is 8.93. The number of nitrogens with zero attached hydrogens (tertiary/aromatic N) is 2. The maximum Gasteiger partial charge on any atom is 0.213 e. The summed E-state index contributed by atoms with van der Waals surface area (Å²) >= 11 is 0. The van der Waals surface area contributed by atoms with Gasteiger partial charge in [-0.15, -0.1) is 0 Å². The molecular formula is C28H31F2N3O4. The Morgan fingerprint density at radius 2 is 2.03 bits per heavy atom. The monoisotopic (exact) mass is 511 g/mol. The fourth-order valence-corrected chi connectivity index (χ4v) is 4.39. The number of fused-ring (bicyclic) bond motifs is 1. The molecule has 0 spiro atoms. The third-order valence-corrected chi connectivity index (χ3v) is 6.32. The number of methoxy groups -OCH3 is 1. The van der Waals surface area contributed by atoms with Gasteiger partial charge >= 0.3 is 0 Å². The van der Waals surface area contributed by atoms with Gasteiger partial charge in [-0.1, -0.05) is 24.3 Å². The van der Waals surface area contributed by atoms with Crippen molar-refractivity contribution in [2.24, 2.45) is 0 Å². The Kier molecular flexibility index (Phi) is 9.29. The fraction of sp³-hybridized carbons (Fsp3) is 0.357. The first-order chi connectivity index (χ1) is 18.0. The number of hydrogen-bond acceptors (Lipinski definition) is 7. The Balaban J connectivity index is 1.41. The van der Waals surface area contributed by atoms with Crippen molar-refractivity contribution in [2.45, 2.75) is 43.6 Å². The van der Waals surface area contributed by atoms with Crippen LogP contribution in [0.2, 0.25) is 0 Å². The molecule has 3 heterocycles. The predicted octanol–water partition coefficient (Wildman–Crippen LogP) is 3.89. The van der Waals surface area contributed by atoms with E-state index in [0.29, 0.717) is 12.4 Å². The molecule has 0 radical (unpaired) electrons. The van der Waals surface area contributed by atoms with Crippen molar-refractivity contribution < 1.29 is 28.5 Å².